The first kappa shape index (κ1) is 18.8. The van der Waals surface area contributed by atoms with Gasteiger partial charge in [0.15, 0.2) is 0 Å². The van der Waals surface area contributed by atoms with Gasteiger partial charge >= 0.3 is 0 Å². The Balaban J connectivity index is 4.51. The zero-order valence-corrected chi connectivity index (χ0v) is 13.2. The van der Waals surface area contributed by atoms with Gasteiger partial charge in [-0.3, -0.25) is 9.98 Å². The highest BCUT2D eigenvalue weighted by molar-refractivity contribution is 5.70. The molecular formula is C19H26N2. The molecule has 112 valence electrons. The number of hydrogen-bond donors (Lipinski definition) is 0. The Labute approximate surface area is 129 Å². The predicted octanol–water partition coefficient (Wildman–Crippen LogP) is 5.59. The van der Waals surface area contributed by atoms with E-state index in [0.717, 1.165) is 30.5 Å². The van der Waals surface area contributed by atoms with E-state index in [1.807, 2.05) is 30.5 Å². The summed E-state index contributed by atoms with van der Waals surface area (Å²) in [4.78, 5) is 8.51. The average Bonchev–Trinajstić information content (AvgIpc) is 2.50. The van der Waals surface area contributed by atoms with Gasteiger partial charge in [-0.25, -0.2) is 0 Å². The first-order chi connectivity index (χ1) is 10.3. The molecule has 0 aromatic heterocycles. The Hall–Kier alpha value is -2.22. The second kappa shape index (κ2) is 14.2. The molecule has 0 amide bonds. The van der Waals surface area contributed by atoms with Crippen LogP contribution in [0, 0.1) is 0 Å². The van der Waals surface area contributed by atoms with Crippen molar-refractivity contribution in [1.82, 2.24) is 0 Å². The molecule has 0 unspecified atom stereocenters. The van der Waals surface area contributed by atoms with Crippen LogP contribution in [0.25, 0.3) is 0 Å². The molecule has 0 atom stereocenters. The minimum absolute atomic E-state index is 0.785. The molecule has 0 aliphatic heterocycles. The molecule has 0 aromatic carbocycles. The molecule has 0 spiro atoms. The second-order valence-corrected chi connectivity index (χ2v) is 4.12. The fourth-order valence-electron chi connectivity index (χ4n) is 1.53. The maximum absolute atomic E-state index is 4.53. The van der Waals surface area contributed by atoms with Crippen LogP contribution in [0.5, 0.6) is 0 Å². The minimum atomic E-state index is 0.785. The van der Waals surface area contributed by atoms with Crippen molar-refractivity contribution in [3.63, 3.8) is 0 Å². The van der Waals surface area contributed by atoms with Crippen LogP contribution < -0.4 is 0 Å². The lowest BCUT2D eigenvalue weighted by atomic mass is 10.1. The van der Waals surface area contributed by atoms with Gasteiger partial charge in [0.05, 0.1) is 5.70 Å². The maximum atomic E-state index is 4.53. The number of rotatable bonds is 10. The normalized spacial score (nSPS) is 14.0. The highest BCUT2D eigenvalue weighted by Gasteiger charge is 1.97. The third-order valence-corrected chi connectivity index (χ3v) is 2.42. The third kappa shape index (κ3) is 10.3. The number of allylic oxidation sites excluding steroid dienone is 7. The third-order valence-electron chi connectivity index (χ3n) is 2.42. The van der Waals surface area contributed by atoms with Crippen molar-refractivity contribution in [3.05, 3.63) is 73.2 Å². The van der Waals surface area contributed by atoms with Gasteiger partial charge < -0.3 is 0 Å². The van der Waals surface area contributed by atoms with Gasteiger partial charge in [0, 0.05) is 25.0 Å². The lowest BCUT2D eigenvalue weighted by Crippen LogP contribution is -1.85. The van der Waals surface area contributed by atoms with Crippen molar-refractivity contribution in [2.45, 2.75) is 33.1 Å². The van der Waals surface area contributed by atoms with Gasteiger partial charge in [0.1, 0.15) is 0 Å². The van der Waals surface area contributed by atoms with Crippen molar-refractivity contribution in [2.75, 3.05) is 0 Å². The first-order valence-corrected chi connectivity index (χ1v) is 7.31. The van der Waals surface area contributed by atoms with Crippen LogP contribution in [0.3, 0.4) is 0 Å². The van der Waals surface area contributed by atoms with Crippen LogP contribution in [0.1, 0.15) is 33.1 Å². The summed E-state index contributed by atoms with van der Waals surface area (Å²) < 4.78 is 0. The van der Waals surface area contributed by atoms with Crippen LogP contribution in [0.4, 0.5) is 0 Å². The quantitative estimate of drug-likeness (QED) is 0.368. The smallest absolute Gasteiger partial charge is 0.0654 e. The van der Waals surface area contributed by atoms with Crippen molar-refractivity contribution in [2.24, 2.45) is 9.98 Å². The molecular weight excluding hydrogens is 256 g/mol. The molecule has 0 aliphatic rings. The molecule has 0 N–H and O–H groups in total. The highest BCUT2D eigenvalue weighted by Crippen LogP contribution is 2.14. The van der Waals surface area contributed by atoms with Gasteiger partial charge in [0.25, 0.3) is 0 Å². The van der Waals surface area contributed by atoms with Crippen LogP contribution >= 0.6 is 0 Å². The van der Waals surface area contributed by atoms with Crippen LogP contribution in [-0.4, -0.2) is 12.4 Å². The molecule has 2 nitrogen and oxygen atoms in total. The van der Waals surface area contributed by atoms with E-state index in [2.05, 4.69) is 49.1 Å². The molecule has 21 heavy (non-hydrogen) atoms. The summed E-state index contributed by atoms with van der Waals surface area (Å²) in [5.74, 6) is 0. The Morgan fingerprint density at radius 1 is 1.05 bits per heavy atom. The van der Waals surface area contributed by atoms with Gasteiger partial charge in [-0.1, -0.05) is 63.5 Å². The molecule has 0 rings (SSSR count). The maximum Gasteiger partial charge on any atom is 0.0654 e. The monoisotopic (exact) mass is 282 g/mol. The van der Waals surface area contributed by atoms with Gasteiger partial charge in [-0.2, -0.15) is 0 Å². The zero-order valence-electron chi connectivity index (χ0n) is 13.2. The van der Waals surface area contributed by atoms with Crippen LogP contribution in [-0.2, 0) is 0 Å². The summed E-state index contributed by atoms with van der Waals surface area (Å²) in [5, 5.41) is 0. The van der Waals surface area contributed by atoms with E-state index in [1.165, 1.54) is 0 Å². The number of hydrogen-bond acceptors (Lipinski definition) is 2. The van der Waals surface area contributed by atoms with E-state index in [-0.39, 0.29) is 0 Å². The van der Waals surface area contributed by atoms with Gasteiger partial charge in [-0.15, -0.1) is 0 Å². The van der Waals surface area contributed by atoms with Crippen molar-refractivity contribution in [3.8, 4) is 0 Å². The summed E-state index contributed by atoms with van der Waals surface area (Å²) in [5.41, 5.74) is 2.09. The Morgan fingerprint density at radius 3 is 2.43 bits per heavy atom. The number of nitrogens with zero attached hydrogens (tertiary/aromatic N) is 2. The van der Waals surface area contributed by atoms with Crippen molar-refractivity contribution >= 4 is 12.4 Å². The molecule has 0 saturated carbocycles. The molecule has 0 bridgehead atoms. The van der Waals surface area contributed by atoms with E-state index in [0.29, 0.717) is 0 Å². The molecule has 0 saturated heterocycles. The minimum Gasteiger partial charge on any atom is -0.265 e. The number of aliphatic imine (C=N–C) groups is 2. The summed E-state index contributed by atoms with van der Waals surface area (Å²) in [7, 11) is 0. The molecule has 2 heteroatoms. The summed E-state index contributed by atoms with van der Waals surface area (Å²) >= 11 is 0. The fourth-order valence-corrected chi connectivity index (χ4v) is 1.53. The summed E-state index contributed by atoms with van der Waals surface area (Å²) in [6.45, 7) is 11.6. The van der Waals surface area contributed by atoms with E-state index in [4.69, 9.17) is 0 Å². The van der Waals surface area contributed by atoms with Crippen molar-refractivity contribution < 1.29 is 0 Å². The molecule has 0 heterocycles. The molecule has 0 aliphatic carbocycles. The lowest BCUT2D eigenvalue weighted by molar-refractivity contribution is 1.15. The fraction of sp³-hybridized carbons (Fsp3) is 0.263. The predicted molar refractivity (Wildman–Crippen MR) is 97.0 cm³/mol. The second-order valence-electron chi connectivity index (χ2n) is 4.12. The lowest BCUT2D eigenvalue weighted by Gasteiger charge is -2.02. The first-order valence-electron chi connectivity index (χ1n) is 7.31. The topological polar surface area (TPSA) is 24.7 Å². The SMILES string of the molecule is C=C\C=N/C=C/C=C\C\C=N/C(=C\CC)C(/C=C)=C/CC. The van der Waals surface area contributed by atoms with E-state index < -0.39 is 0 Å². The molecule has 0 radical (unpaired) electrons. The van der Waals surface area contributed by atoms with Gasteiger partial charge in [0.2, 0.25) is 0 Å². The highest BCUT2D eigenvalue weighted by atomic mass is 14.7. The Morgan fingerprint density at radius 2 is 1.81 bits per heavy atom. The van der Waals surface area contributed by atoms with E-state index in [9.17, 15) is 0 Å². The van der Waals surface area contributed by atoms with Crippen LogP contribution in [0.2, 0.25) is 0 Å². The Kier molecular flexibility index (Phi) is 12.7. The largest absolute Gasteiger partial charge is 0.265 e. The standard InChI is InChI=1S/C19H26N2/c1-5-13-18(8-4)19(14-6-2)21-17-12-10-9-11-16-20-15-7-3/h7-11,13-17H,3-6,12H2,1-2H3/b10-9-,16-11+,18-13+,19-14-,20-15-,21-17-. The average molecular weight is 282 g/mol. The van der Waals surface area contributed by atoms with Crippen molar-refractivity contribution in [1.29, 1.82) is 0 Å². The van der Waals surface area contributed by atoms with E-state index in [1.54, 1.807) is 18.5 Å². The van der Waals surface area contributed by atoms with Crippen LogP contribution in [0.15, 0.2) is 83.1 Å². The summed E-state index contributed by atoms with van der Waals surface area (Å²) in [6.07, 6.45) is 21.6. The Bertz CT molecular complexity index is 472. The zero-order chi connectivity index (χ0) is 15.8. The summed E-state index contributed by atoms with van der Waals surface area (Å²) in [6, 6.07) is 0. The van der Waals surface area contributed by atoms with Gasteiger partial charge in [-0.05, 0) is 24.5 Å². The molecule has 0 aromatic rings. The molecule has 0 fully saturated rings. The van der Waals surface area contributed by atoms with E-state index >= 15 is 0 Å².